The van der Waals surface area contributed by atoms with Crippen molar-refractivity contribution >= 4 is 5.69 Å². The summed E-state index contributed by atoms with van der Waals surface area (Å²) >= 11 is 0. The highest BCUT2D eigenvalue weighted by Gasteiger charge is 2.10. The first kappa shape index (κ1) is 12.1. The summed E-state index contributed by atoms with van der Waals surface area (Å²) in [5.41, 5.74) is 2.96. The van der Waals surface area contributed by atoms with Crippen LogP contribution in [0.5, 0.6) is 0 Å². The van der Waals surface area contributed by atoms with Crippen molar-refractivity contribution in [1.29, 1.82) is 5.26 Å². The van der Waals surface area contributed by atoms with Gasteiger partial charge in [-0.2, -0.15) is 5.26 Å². The second-order valence-corrected chi connectivity index (χ2v) is 3.66. The first-order valence-electron chi connectivity index (χ1n) is 5.23. The van der Waals surface area contributed by atoms with Crippen LogP contribution in [0.1, 0.15) is 30.3 Å². The molecule has 1 heterocycles. The van der Waals surface area contributed by atoms with E-state index in [4.69, 9.17) is 11.7 Å². The molecule has 0 aliphatic carbocycles. The van der Waals surface area contributed by atoms with Gasteiger partial charge in [-0.3, -0.25) is 4.98 Å². The van der Waals surface area contributed by atoms with Crippen LogP contribution < -0.4 is 5.32 Å². The number of hydrogen-bond donors (Lipinski definition) is 1. The summed E-state index contributed by atoms with van der Waals surface area (Å²) < 4.78 is 0. The minimum Gasteiger partial charge on any atom is -0.370 e. The highest BCUT2D eigenvalue weighted by molar-refractivity contribution is 5.60. The van der Waals surface area contributed by atoms with Crippen LogP contribution in [0.2, 0.25) is 0 Å². The van der Waals surface area contributed by atoms with Crippen molar-refractivity contribution in [3.63, 3.8) is 0 Å². The number of nitrogens with one attached hydrogen (secondary N) is 1. The maximum atomic E-state index is 9.07. The summed E-state index contributed by atoms with van der Waals surface area (Å²) in [6.45, 7) is 5.73. The van der Waals surface area contributed by atoms with E-state index >= 15 is 0 Å². The molecule has 0 aliphatic heterocycles. The summed E-state index contributed by atoms with van der Waals surface area (Å²) in [4.78, 5) is 4.25. The number of pyridine rings is 1. The molecule has 1 unspecified atom stereocenters. The fourth-order valence-electron chi connectivity index (χ4n) is 1.53. The van der Waals surface area contributed by atoms with E-state index in [0.29, 0.717) is 5.56 Å². The first-order chi connectivity index (χ1) is 7.62. The van der Waals surface area contributed by atoms with Crippen molar-refractivity contribution in [3.8, 4) is 18.4 Å². The third kappa shape index (κ3) is 2.52. The summed E-state index contributed by atoms with van der Waals surface area (Å²) in [7, 11) is 0. The summed E-state index contributed by atoms with van der Waals surface area (Å²) in [5, 5.41) is 12.2. The van der Waals surface area contributed by atoms with Crippen LogP contribution in [0.3, 0.4) is 0 Å². The van der Waals surface area contributed by atoms with Gasteiger partial charge in [0.05, 0.1) is 23.0 Å². The minimum atomic E-state index is -0.0479. The molecule has 0 bridgehead atoms. The van der Waals surface area contributed by atoms with Crippen LogP contribution >= 0.6 is 0 Å². The van der Waals surface area contributed by atoms with Gasteiger partial charge in [-0.15, -0.1) is 6.42 Å². The Morgan fingerprint density at radius 1 is 1.56 bits per heavy atom. The van der Waals surface area contributed by atoms with E-state index < -0.39 is 0 Å². The van der Waals surface area contributed by atoms with E-state index in [1.807, 2.05) is 26.8 Å². The zero-order valence-corrected chi connectivity index (χ0v) is 9.83. The smallest absolute Gasteiger partial charge is 0.103 e. The van der Waals surface area contributed by atoms with Gasteiger partial charge in [0.15, 0.2) is 0 Å². The van der Waals surface area contributed by atoms with Gasteiger partial charge in [0.25, 0.3) is 0 Å². The van der Waals surface area contributed by atoms with Gasteiger partial charge < -0.3 is 5.32 Å². The summed E-state index contributed by atoms with van der Waals surface area (Å²) in [6, 6.07) is 3.96. The lowest BCUT2D eigenvalue weighted by Gasteiger charge is -2.15. The van der Waals surface area contributed by atoms with E-state index in [2.05, 4.69) is 22.3 Å². The monoisotopic (exact) mass is 213 g/mol. The standard InChI is InChI=1S/C13H15N3/c1-5-11(6-2)16-13-7-9(3)15-10(4)12(13)8-14/h1,7,11H,6H2,2-4H3,(H,15,16). The molecule has 0 radical (unpaired) electrons. The summed E-state index contributed by atoms with van der Waals surface area (Å²) in [6.07, 6.45) is 6.21. The Bertz CT molecular complexity index is 463. The normalized spacial score (nSPS) is 11.3. The number of hydrogen-bond acceptors (Lipinski definition) is 3. The quantitative estimate of drug-likeness (QED) is 0.784. The van der Waals surface area contributed by atoms with Crippen molar-refractivity contribution < 1.29 is 0 Å². The molecule has 1 rings (SSSR count). The fourth-order valence-corrected chi connectivity index (χ4v) is 1.53. The number of terminal acetylenes is 1. The maximum absolute atomic E-state index is 9.07. The van der Waals surface area contributed by atoms with Crippen molar-refractivity contribution in [2.24, 2.45) is 0 Å². The first-order valence-corrected chi connectivity index (χ1v) is 5.23. The van der Waals surface area contributed by atoms with E-state index in [9.17, 15) is 0 Å². The molecule has 0 saturated heterocycles. The molecular weight excluding hydrogens is 198 g/mol. The molecule has 16 heavy (non-hydrogen) atoms. The molecule has 0 fully saturated rings. The molecule has 3 heteroatoms. The molecule has 0 aliphatic rings. The molecular formula is C13H15N3. The number of anilines is 1. The molecule has 1 N–H and O–H groups in total. The van der Waals surface area contributed by atoms with Crippen molar-refractivity contribution in [2.75, 3.05) is 5.32 Å². The largest absolute Gasteiger partial charge is 0.370 e. The highest BCUT2D eigenvalue weighted by Crippen LogP contribution is 2.19. The van der Waals surface area contributed by atoms with Gasteiger partial charge in [0.1, 0.15) is 6.07 Å². The third-order valence-corrected chi connectivity index (χ3v) is 2.38. The van der Waals surface area contributed by atoms with Crippen LogP contribution in [0.15, 0.2) is 6.07 Å². The van der Waals surface area contributed by atoms with E-state index in [0.717, 1.165) is 23.5 Å². The van der Waals surface area contributed by atoms with E-state index in [1.165, 1.54) is 0 Å². The average molecular weight is 213 g/mol. The zero-order valence-electron chi connectivity index (χ0n) is 9.83. The van der Waals surface area contributed by atoms with Crippen LogP contribution in [-0.4, -0.2) is 11.0 Å². The molecule has 0 aromatic carbocycles. The van der Waals surface area contributed by atoms with Gasteiger partial charge in [0.2, 0.25) is 0 Å². The Hall–Kier alpha value is -2.00. The van der Waals surface area contributed by atoms with E-state index in [-0.39, 0.29) is 6.04 Å². The molecule has 3 nitrogen and oxygen atoms in total. The molecule has 1 aromatic rings. The Morgan fingerprint density at radius 2 is 2.25 bits per heavy atom. The van der Waals surface area contributed by atoms with Crippen molar-refractivity contribution in [3.05, 3.63) is 23.0 Å². The number of aromatic nitrogens is 1. The predicted molar refractivity (Wildman–Crippen MR) is 65.0 cm³/mol. The van der Waals surface area contributed by atoms with Crippen LogP contribution in [0.4, 0.5) is 5.69 Å². The molecule has 0 amide bonds. The van der Waals surface area contributed by atoms with Crippen LogP contribution in [0, 0.1) is 37.5 Å². The van der Waals surface area contributed by atoms with Gasteiger partial charge in [-0.1, -0.05) is 12.8 Å². The van der Waals surface area contributed by atoms with Crippen LogP contribution in [0.25, 0.3) is 0 Å². The zero-order chi connectivity index (χ0) is 12.1. The lowest BCUT2D eigenvalue weighted by atomic mass is 10.1. The van der Waals surface area contributed by atoms with Crippen LogP contribution in [-0.2, 0) is 0 Å². The third-order valence-electron chi connectivity index (χ3n) is 2.38. The number of rotatable bonds is 3. The maximum Gasteiger partial charge on any atom is 0.103 e. The molecule has 0 saturated carbocycles. The van der Waals surface area contributed by atoms with E-state index in [1.54, 1.807) is 0 Å². The number of nitriles is 1. The van der Waals surface area contributed by atoms with Crippen molar-refractivity contribution in [2.45, 2.75) is 33.2 Å². The second kappa shape index (κ2) is 5.19. The van der Waals surface area contributed by atoms with Gasteiger partial charge in [-0.05, 0) is 26.3 Å². The van der Waals surface area contributed by atoms with Gasteiger partial charge >= 0.3 is 0 Å². The Labute approximate surface area is 96.5 Å². The lowest BCUT2D eigenvalue weighted by molar-refractivity contribution is 0.855. The molecule has 82 valence electrons. The Balaban J connectivity index is 3.14. The number of nitrogens with zero attached hydrogens (tertiary/aromatic N) is 2. The Morgan fingerprint density at radius 3 is 2.75 bits per heavy atom. The predicted octanol–water partition coefficient (Wildman–Crippen LogP) is 2.39. The summed E-state index contributed by atoms with van der Waals surface area (Å²) in [5.74, 6) is 2.65. The molecule has 0 spiro atoms. The van der Waals surface area contributed by atoms with Gasteiger partial charge in [0, 0.05) is 5.69 Å². The SMILES string of the molecule is C#CC(CC)Nc1cc(C)nc(C)c1C#N. The minimum absolute atomic E-state index is 0.0479. The lowest BCUT2D eigenvalue weighted by Crippen LogP contribution is -2.17. The molecule has 1 atom stereocenters. The number of aryl methyl sites for hydroxylation is 2. The highest BCUT2D eigenvalue weighted by atomic mass is 14.9. The Kier molecular flexibility index (Phi) is 3.91. The fraction of sp³-hybridized carbons (Fsp3) is 0.385. The van der Waals surface area contributed by atoms with Gasteiger partial charge in [-0.25, -0.2) is 0 Å². The topological polar surface area (TPSA) is 48.7 Å². The molecule has 1 aromatic heterocycles. The average Bonchev–Trinajstić information content (AvgIpc) is 2.25. The second-order valence-electron chi connectivity index (χ2n) is 3.66. The van der Waals surface area contributed by atoms with Crippen molar-refractivity contribution in [1.82, 2.24) is 4.98 Å².